The summed E-state index contributed by atoms with van der Waals surface area (Å²) in [4.78, 5) is 14.0. The van der Waals surface area contributed by atoms with Crippen molar-refractivity contribution in [2.75, 3.05) is 12.0 Å². The third-order valence-electron chi connectivity index (χ3n) is 2.22. The molecule has 1 amide bonds. The van der Waals surface area contributed by atoms with Crippen LogP contribution in [0.1, 0.15) is 5.89 Å². The molecule has 1 aromatic heterocycles. The monoisotopic (exact) mass is 289 g/mol. The molecule has 0 saturated heterocycles. The van der Waals surface area contributed by atoms with E-state index in [-0.39, 0.29) is 11.4 Å². The van der Waals surface area contributed by atoms with Crippen LogP contribution in [0.5, 0.6) is 0 Å². The fourth-order valence-corrected chi connectivity index (χ4v) is 1.35. The molecule has 0 atom stereocenters. The molecule has 9 heteroatoms. The minimum atomic E-state index is -4.71. The van der Waals surface area contributed by atoms with Gasteiger partial charge in [0.05, 0.1) is 0 Å². The smallest absolute Gasteiger partial charge is 0.329 e. The Morgan fingerprint density at radius 3 is 2.40 bits per heavy atom. The number of hydrogen-bond donors (Lipinski definition) is 1. The number of aromatic nitrogens is 2. The molecular formula is C11H7F4N3O2. The van der Waals surface area contributed by atoms with Crippen LogP contribution in [0, 0.1) is 0 Å². The molecule has 0 bridgehead atoms. The summed E-state index contributed by atoms with van der Waals surface area (Å²) in [5, 5.41) is 5.45. The van der Waals surface area contributed by atoms with E-state index in [9.17, 15) is 22.4 Å². The number of carbonyl (C=O) groups excluding carboxylic acids is 1. The maximum Gasteiger partial charge on any atom is 0.471 e. The van der Waals surface area contributed by atoms with Crippen molar-refractivity contribution in [3.05, 3.63) is 30.2 Å². The second-order valence-corrected chi connectivity index (χ2v) is 3.68. The largest absolute Gasteiger partial charge is 0.471 e. The van der Waals surface area contributed by atoms with Gasteiger partial charge in [-0.05, 0) is 24.3 Å². The average molecular weight is 289 g/mol. The first-order chi connectivity index (χ1) is 9.40. The van der Waals surface area contributed by atoms with Crippen LogP contribution in [0.4, 0.5) is 23.2 Å². The minimum Gasteiger partial charge on any atom is -0.329 e. The van der Waals surface area contributed by atoms with Gasteiger partial charge in [0.15, 0.2) is 6.67 Å². The van der Waals surface area contributed by atoms with Gasteiger partial charge in [0.2, 0.25) is 5.82 Å². The van der Waals surface area contributed by atoms with Crippen molar-refractivity contribution in [2.24, 2.45) is 0 Å². The number of carbonyl (C=O) groups is 1. The molecule has 20 heavy (non-hydrogen) atoms. The Labute approximate surface area is 109 Å². The van der Waals surface area contributed by atoms with Gasteiger partial charge in [-0.2, -0.15) is 18.2 Å². The van der Waals surface area contributed by atoms with Crippen LogP contribution >= 0.6 is 0 Å². The number of amides is 1. The highest BCUT2D eigenvalue weighted by molar-refractivity contribution is 5.91. The molecule has 0 unspecified atom stereocenters. The SMILES string of the molecule is O=C(CF)Nc1ccc(-c2noc(C(F)(F)F)n2)cc1. The van der Waals surface area contributed by atoms with Crippen LogP contribution in [0.25, 0.3) is 11.4 Å². The first-order valence-electron chi connectivity index (χ1n) is 5.27. The Balaban J connectivity index is 2.18. The first-order valence-corrected chi connectivity index (χ1v) is 5.27. The van der Waals surface area contributed by atoms with E-state index in [2.05, 4.69) is 20.0 Å². The quantitative estimate of drug-likeness (QED) is 0.882. The number of rotatable bonds is 3. The summed E-state index contributed by atoms with van der Waals surface area (Å²) in [5.74, 6) is -2.50. The topological polar surface area (TPSA) is 68.0 Å². The van der Waals surface area contributed by atoms with Crippen LogP contribution in [-0.4, -0.2) is 22.7 Å². The molecule has 0 spiro atoms. The highest BCUT2D eigenvalue weighted by Gasteiger charge is 2.38. The predicted octanol–water partition coefficient (Wildman–Crippen LogP) is 2.66. The molecule has 0 radical (unpaired) electrons. The summed E-state index contributed by atoms with van der Waals surface area (Å²) in [6.07, 6.45) is -4.71. The highest BCUT2D eigenvalue weighted by Crippen LogP contribution is 2.29. The van der Waals surface area contributed by atoms with E-state index in [0.29, 0.717) is 5.69 Å². The molecule has 1 heterocycles. The number of anilines is 1. The van der Waals surface area contributed by atoms with E-state index >= 15 is 0 Å². The number of alkyl halides is 4. The van der Waals surface area contributed by atoms with E-state index < -0.39 is 24.6 Å². The van der Waals surface area contributed by atoms with Gasteiger partial charge in [0, 0.05) is 11.3 Å². The summed E-state index contributed by atoms with van der Waals surface area (Å²) >= 11 is 0. The van der Waals surface area contributed by atoms with Gasteiger partial charge >= 0.3 is 12.1 Å². The minimum absolute atomic E-state index is 0.235. The normalized spacial score (nSPS) is 11.4. The fraction of sp³-hybridized carbons (Fsp3) is 0.182. The lowest BCUT2D eigenvalue weighted by Gasteiger charge is -2.02. The fourth-order valence-electron chi connectivity index (χ4n) is 1.35. The number of halogens is 4. The van der Waals surface area contributed by atoms with Crippen molar-refractivity contribution < 1.29 is 26.9 Å². The van der Waals surface area contributed by atoms with Crippen molar-refractivity contribution in [2.45, 2.75) is 6.18 Å². The molecule has 0 saturated carbocycles. The van der Waals surface area contributed by atoms with Crippen molar-refractivity contribution >= 4 is 11.6 Å². The Hall–Kier alpha value is -2.45. The second kappa shape index (κ2) is 5.27. The average Bonchev–Trinajstić information content (AvgIpc) is 2.89. The van der Waals surface area contributed by atoms with Gasteiger partial charge in [-0.1, -0.05) is 5.16 Å². The molecule has 0 aliphatic carbocycles. The molecule has 2 rings (SSSR count). The Morgan fingerprint density at radius 2 is 1.90 bits per heavy atom. The van der Waals surface area contributed by atoms with Gasteiger partial charge in [0.1, 0.15) is 0 Å². The summed E-state index contributed by atoms with van der Waals surface area (Å²) in [6.45, 7) is -1.17. The summed E-state index contributed by atoms with van der Waals surface area (Å²) in [5.41, 5.74) is 0.568. The third-order valence-corrected chi connectivity index (χ3v) is 2.22. The van der Waals surface area contributed by atoms with Crippen molar-refractivity contribution in [3.8, 4) is 11.4 Å². The van der Waals surface area contributed by atoms with Crippen molar-refractivity contribution in [1.82, 2.24) is 10.1 Å². The zero-order valence-electron chi connectivity index (χ0n) is 9.74. The Kier molecular flexibility index (Phi) is 3.68. The standard InChI is InChI=1S/C11H7F4N3O2/c12-5-8(19)16-7-3-1-6(2-4-7)9-17-10(20-18-9)11(13,14)15/h1-4H,5H2,(H,16,19). The van der Waals surface area contributed by atoms with Crippen molar-refractivity contribution in [1.29, 1.82) is 0 Å². The van der Waals surface area contributed by atoms with Crippen LogP contribution in [0.15, 0.2) is 28.8 Å². The molecular weight excluding hydrogens is 282 g/mol. The molecule has 2 aromatic rings. The zero-order chi connectivity index (χ0) is 14.8. The molecule has 0 aliphatic heterocycles. The summed E-state index contributed by atoms with van der Waals surface area (Å²) < 4.78 is 52.9. The molecule has 5 nitrogen and oxygen atoms in total. The van der Waals surface area contributed by atoms with Gasteiger partial charge in [-0.15, -0.1) is 0 Å². The van der Waals surface area contributed by atoms with Gasteiger partial charge < -0.3 is 9.84 Å². The van der Waals surface area contributed by atoms with Crippen LogP contribution < -0.4 is 5.32 Å². The lowest BCUT2D eigenvalue weighted by molar-refractivity contribution is -0.159. The molecule has 1 N–H and O–H groups in total. The van der Waals surface area contributed by atoms with Gasteiger partial charge in [-0.25, -0.2) is 4.39 Å². The van der Waals surface area contributed by atoms with Crippen LogP contribution in [-0.2, 0) is 11.0 Å². The van der Waals surface area contributed by atoms with Gasteiger partial charge in [-0.3, -0.25) is 4.79 Å². The number of nitrogens with zero attached hydrogens (tertiary/aromatic N) is 2. The number of hydrogen-bond acceptors (Lipinski definition) is 4. The van der Waals surface area contributed by atoms with Crippen LogP contribution in [0.2, 0.25) is 0 Å². The Morgan fingerprint density at radius 1 is 1.25 bits per heavy atom. The van der Waals surface area contributed by atoms with Gasteiger partial charge in [0.25, 0.3) is 5.91 Å². The van der Waals surface area contributed by atoms with Crippen molar-refractivity contribution in [3.63, 3.8) is 0 Å². The first kappa shape index (κ1) is 14.0. The molecule has 0 fully saturated rings. The lowest BCUT2D eigenvalue weighted by Crippen LogP contribution is -2.12. The van der Waals surface area contributed by atoms with Crippen LogP contribution in [0.3, 0.4) is 0 Å². The molecule has 106 valence electrons. The predicted molar refractivity (Wildman–Crippen MR) is 59.3 cm³/mol. The number of nitrogens with one attached hydrogen (secondary N) is 1. The second-order valence-electron chi connectivity index (χ2n) is 3.68. The zero-order valence-corrected chi connectivity index (χ0v) is 9.74. The molecule has 0 aliphatic rings. The summed E-state index contributed by atoms with van der Waals surface area (Å²) in [7, 11) is 0. The maximum absolute atomic E-state index is 12.3. The lowest BCUT2D eigenvalue weighted by atomic mass is 10.2. The molecule has 1 aromatic carbocycles. The van der Waals surface area contributed by atoms with E-state index in [0.717, 1.165) is 0 Å². The highest BCUT2D eigenvalue weighted by atomic mass is 19.4. The van der Waals surface area contributed by atoms with E-state index in [1.807, 2.05) is 0 Å². The number of benzene rings is 1. The Bertz CT molecular complexity index is 607. The van der Waals surface area contributed by atoms with E-state index in [4.69, 9.17) is 0 Å². The van der Waals surface area contributed by atoms with E-state index in [1.54, 1.807) is 0 Å². The van der Waals surface area contributed by atoms with E-state index in [1.165, 1.54) is 24.3 Å². The summed E-state index contributed by atoms with van der Waals surface area (Å²) in [6, 6.07) is 5.51. The maximum atomic E-state index is 12.3. The third kappa shape index (κ3) is 3.11.